The van der Waals surface area contributed by atoms with E-state index >= 15 is 0 Å². The van der Waals surface area contributed by atoms with E-state index in [1.807, 2.05) is 6.92 Å². The van der Waals surface area contributed by atoms with Gasteiger partial charge in [0.05, 0.1) is 17.3 Å². The van der Waals surface area contributed by atoms with Crippen LogP contribution in [-0.2, 0) is 0 Å². The van der Waals surface area contributed by atoms with Crippen molar-refractivity contribution in [2.45, 2.75) is 6.92 Å². The third-order valence-electron chi connectivity index (χ3n) is 3.16. The molecule has 0 aliphatic carbocycles. The van der Waals surface area contributed by atoms with Gasteiger partial charge >= 0.3 is 0 Å². The average molecular weight is 421 g/mol. The van der Waals surface area contributed by atoms with Crippen LogP contribution in [0.2, 0.25) is 0 Å². The van der Waals surface area contributed by atoms with E-state index in [1.165, 1.54) is 30.5 Å². The summed E-state index contributed by atoms with van der Waals surface area (Å²) in [4.78, 5) is 11.9. The number of nitrogens with zero attached hydrogens (tertiary/aromatic N) is 1. The lowest BCUT2D eigenvalue weighted by molar-refractivity contribution is 0.0955. The Kier molecular flexibility index (Phi) is 7.35. The molecule has 0 aliphatic heterocycles. The van der Waals surface area contributed by atoms with Crippen molar-refractivity contribution in [1.29, 1.82) is 0 Å². The molecule has 26 heavy (non-hydrogen) atoms. The maximum atomic E-state index is 12.9. The highest BCUT2D eigenvalue weighted by molar-refractivity contribution is 9.10. The third-order valence-corrected chi connectivity index (χ3v) is 3.75. The van der Waals surface area contributed by atoms with Gasteiger partial charge in [-0.1, -0.05) is 12.7 Å². The number of rotatable bonds is 8. The zero-order chi connectivity index (χ0) is 18.9. The second kappa shape index (κ2) is 9.72. The van der Waals surface area contributed by atoms with Gasteiger partial charge in [0.25, 0.3) is 5.91 Å². The van der Waals surface area contributed by atoms with Crippen molar-refractivity contribution in [2.75, 3.05) is 13.2 Å². The minimum absolute atomic E-state index is 0.313. The second-order valence-corrected chi connectivity index (χ2v) is 5.92. The molecule has 0 unspecified atom stereocenters. The fourth-order valence-electron chi connectivity index (χ4n) is 2.04. The van der Waals surface area contributed by atoms with E-state index < -0.39 is 11.7 Å². The van der Waals surface area contributed by atoms with Gasteiger partial charge in [-0.2, -0.15) is 5.10 Å². The first-order valence-electron chi connectivity index (χ1n) is 7.84. The summed E-state index contributed by atoms with van der Waals surface area (Å²) >= 11 is 3.44. The highest BCUT2D eigenvalue weighted by atomic mass is 79.9. The van der Waals surface area contributed by atoms with E-state index in [2.05, 4.69) is 33.0 Å². The minimum atomic E-state index is -0.434. The van der Waals surface area contributed by atoms with Crippen LogP contribution in [-0.4, -0.2) is 25.3 Å². The molecule has 0 saturated heterocycles. The molecule has 0 bridgehead atoms. The predicted molar refractivity (Wildman–Crippen MR) is 102 cm³/mol. The summed E-state index contributed by atoms with van der Waals surface area (Å²) in [6, 6.07) is 8.73. The summed E-state index contributed by atoms with van der Waals surface area (Å²) in [5.74, 6) is 0.280. The van der Waals surface area contributed by atoms with Gasteiger partial charge in [-0.25, -0.2) is 9.82 Å². The molecule has 2 aromatic carbocycles. The molecule has 136 valence electrons. The van der Waals surface area contributed by atoms with Gasteiger partial charge in [0.15, 0.2) is 11.5 Å². The van der Waals surface area contributed by atoms with Crippen LogP contribution in [0.5, 0.6) is 11.5 Å². The molecule has 1 N–H and O–H groups in total. The number of carbonyl (C=O) groups is 1. The molecule has 0 radical (unpaired) electrons. The van der Waals surface area contributed by atoms with E-state index in [0.29, 0.717) is 40.3 Å². The Morgan fingerprint density at radius 3 is 2.69 bits per heavy atom. The number of halogens is 2. The van der Waals surface area contributed by atoms with Gasteiger partial charge in [-0.15, -0.1) is 0 Å². The van der Waals surface area contributed by atoms with Gasteiger partial charge < -0.3 is 9.47 Å². The summed E-state index contributed by atoms with van der Waals surface area (Å²) in [7, 11) is 0. The van der Waals surface area contributed by atoms with Gasteiger partial charge in [0, 0.05) is 5.56 Å². The Hall–Kier alpha value is -2.67. The molecule has 7 heteroatoms. The summed E-state index contributed by atoms with van der Waals surface area (Å²) in [5, 5.41) is 3.92. The van der Waals surface area contributed by atoms with Crippen LogP contribution in [0.1, 0.15) is 22.8 Å². The van der Waals surface area contributed by atoms with Crippen LogP contribution in [0.15, 0.2) is 58.6 Å². The monoisotopic (exact) mass is 420 g/mol. The van der Waals surface area contributed by atoms with Gasteiger partial charge in [0.1, 0.15) is 12.4 Å². The van der Waals surface area contributed by atoms with Crippen molar-refractivity contribution in [2.24, 2.45) is 5.10 Å². The largest absolute Gasteiger partial charge is 0.490 e. The Labute approximate surface area is 159 Å². The summed E-state index contributed by atoms with van der Waals surface area (Å²) < 4.78 is 24.8. The molecule has 0 spiro atoms. The van der Waals surface area contributed by atoms with E-state index in [1.54, 1.807) is 18.2 Å². The fourth-order valence-corrected chi connectivity index (χ4v) is 2.61. The number of nitrogens with one attached hydrogen (secondary N) is 1. The topological polar surface area (TPSA) is 59.9 Å². The first-order chi connectivity index (χ1) is 12.5. The smallest absolute Gasteiger partial charge is 0.271 e. The zero-order valence-electron chi connectivity index (χ0n) is 14.2. The maximum absolute atomic E-state index is 12.9. The lowest BCUT2D eigenvalue weighted by atomic mass is 10.2. The first kappa shape index (κ1) is 19.7. The van der Waals surface area contributed by atoms with Crippen LogP contribution in [0.3, 0.4) is 0 Å². The molecular weight excluding hydrogens is 403 g/mol. The highest BCUT2D eigenvalue weighted by Gasteiger charge is 2.11. The van der Waals surface area contributed by atoms with Crippen LogP contribution in [0.25, 0.3) is 0 Å². The summed E-state index contributed by atoms with van der Waals surface area (Å²) in [6.07, 6.45) is 3.12. The average Bonchev–Trinajstić information content (AvgIpc) is 2.62. The Morgan fingerprint density at radius 2 is 2.04 bits per heavy atom. The number of carbonyl (C=O) groups excluding carboxylic acids is 1. The molecule has 0 aliphatic rings. The van der Waals surface area contributed by atoms with Gasteiger partial charge in [-0.05, 0) is 64.8 Å². The number of hydrogen-bond donors (Lipinski definition) is 1. The lowest BCUT2D eigenvalue weighted by Crippen LogP contribution is -2.17. The van der Waals surface area contributed by atoms with Crippen molar-refractivity contribution in [3.63, 3.8) is 0 Å². The quantitative estimate of drug-likeness (QED) is 0.393. The standard InChI is InChI=1S/C19H18BrFN2O3/c1-3-9-26-18-16(20)10-13(11-17(18)25-4-2)12-22-23-19(24)14-5-7-15(21)8-6-14/h3,5-8,10-12H,1,4,9H2,2H3,(H,23,24)/b22-12-. The number of hydrazone groups is 1. The van der Waals surface area contributed by atoms with Crippen LogP contribution >= 0.6 is 15.9 Å². The summed E-state index contributed by atoms with van der Waals surface area (Å²) in [6.45, 7) is 6.31. The fraction of sp³-hybridized carbons (Fsp3) is 0.158. The van der Waals surface area contributed by atoms with Crippen molar-refractivity contribution in [3.8, 4) is 11.5 Å². The number of amides is 1. The van der Waals surface area contributed by atoms with Crippen molar-refractivity contribution < 1.29 is 18.7 Å². The first-order valence-corrected chi connectivity index (χ1v) is 8.63. The number of benzene rings is 2. The molecule has 5 nitrogen and oxygen atoms in total. The molecular formula is C19H18BrFN2O3. The van der Waals surface area contributed by atoms with Gasteiger partial charge in [0.2, 0.25) is 0 Å². The SMILES string of the molecule is C=CCOc1c(Br)cc(/C=N\NC(=O)c2ccc(F)cc2)cc1OCC. The van der Waals surface area contributed by atoms with Crippen molar-refractivity contribution >= 4 is 28.1 Å². The van der Waals surface area contributed by atoms with E-state index in [0.717, 1.165) is 0 Å². The highest BCUT2D eigenvalue weighted by Crippen LogP contribution is 2.36. The summed E-state index contributed by atoms with van der Waals surface area (Å²) in [5.41, 5.74) is 3.41. The Bertz CT molecular complexity index is 807. The lowest BCUT2D eigenvalue weighted by Gasteiger charge is -2.13. The van der Waals surface area contributed by atoms with E-state index in [-0.39, 0.29) is 0 Å². The number of ether oxygens (including phenoxy) is 2. The molecule has 0 heterocycles. The van der Waals surface area contributed by atoms with Crippen LogP contribution < -0.4 is 14.9 Å². The minimum Gasteiger partial charge on any atom is -0.490 e. The van der Waals surface area contributed by atoms with E-state index in [9.17, 15) is 9.18 Å². The molecule has 0 atom stereocenters. The molecule has 2 rings (SSSR count). The van der Waals surface area contributed by atoms with Crippen molar-refractivity contribution in [1.82, 2.24) is 5.43 Å². The predicted octanol–water partition coefficient (Wildman–Crippen LogP) is 4.32. The Morgan fingerprint density at radius 1 is 1.31 bits per heavy atom. The van der Waals surface area contributed by atoms with Gasteiger partial charge in [-0.3, -0.25) is 4.79 Å². The Balaban J connectivity index is 2.12. The normalized spacial score (nSPS) is 10.6. The zero-order valence-corrected chi connectivity index (χ0v) is 15.8. The molecule has 1 amide bonds. The molecule has 0 aromatic heterocycles. The molecule has 2 aromatic rings. The van der Waals surface area contributed by atoms with E-state index in [4.69, 9.17) is 9.47 Å². The van der Waals surface area contributed by atoms with Crippen molar-refractivity contribution in [3.05, 3.63) is 70.5 Å². The maximum Gasteiger partial charge on any atom is 0.271 e. The molecule has 0 saturated carbocycles. The second-order valence-electron chi connectivity index (χ2n) is 5.07. The number of hydrogen-bond acceptors (Lipinski definition) is 4. The third kappa shape index (κ3) is 5.42. The van der Waals surface area contributed by atoms with Crippen LogP contribution in [0, 0.1) is 5.82 Å². The molecule has 0 fully saturated rings. The van der Waals surface area contributed by atoms with Crippen LogP contribution in [0.4, 0.5) is 4.39 Å².